The lowest BCUT2D eigenvalue weighted by atomic mass is 9.91. The Morgan fingerprint density at radius 3 is 2.56 bits per heavy atom. The predicted octanol–water partition coefficient (Wildman–Crippen LogP) is 4.37. The van der Waals surface area contributed by atoms with E-state index in [9.17, 15) is 4.79 Å². The molecule has 0 bridgehead atoms. The molecular formula is C19H19ClN2O3. The smallest absolute Gasteiger partial charge is 0.231 e. The number of carbonyl (C=O) groups excluding carboxylic acids is 1. The Kier molecular flexibility index (Phi) is 3.96. The molecule has 1 amide bonds. The molecule has 2 aromatic carbocycles. The van der Waals surface area contributed by atoms with Crippen LogP contribution >= 0.6 is 11.6 Å². The number of hydrogen-bond donors (Lipinski definition) is 1. The third-order valence-electron chi connectivity index (χ3n) is 4.70. The van der Waals surface area contributed by atoms with Gasteiger partial charge in [-0.05, 0) is 43.7 Å². The molecule has 4 rings (SSSR count). The van der Waals surface area contributed by atoms with Crippen molar-refractivity contribution in [3.63, 3.8) is 0 Å². The van der Waals surface area contributed by atoms with Gasteiger partial charge in [-0.25, -0.2) is 0 Å². The van der Waals surface area contributed by atoms with Gasteiger partial charge >= 0.3 is 0 Å². The molecule has 2 aliphatic rings. The fraction of sp³-hybridized carbons (Fsp3) is 0.316. The van der Waals surface area contributed by atoms with Crippen LogP contribution in [0.4, 0.5) is 11.4 Å². The van der Waals surface area contributed by atoms with Crippen LogP contribution in [-0.4, -0.2) is 18.7 Å². The molecule has 25 heavy (non-hydrogen) atoms. The maximum Gasteiger partial charge on any atom is 0.231 e. The minimum Gasteiger partial charge on any atom is -0.454 e. The van der Waals surface area contributed by atoms with Crippen molar-refractivity contribution in [1.29, 1.82) is 0 Å². The minimum atomic E-state index is 0.0255. The second kappa shape index (κ2) is 6.15. The Hall–Kier alpha value is -2.40. The first-order chi connectivity index (χ1) is 12.0. The summed E-state index contributed by atoms with van der Waals surface area (Å²) in [4.78, 5) is 14.0. The molecule has 0 unspecified atom stereocenters. The quantitative estimate of drug-likeness (QED) is 0.866. The average Bonchev–Trinajstić information content (AvgIpc) is 3.02. The van der Waals surface area contributed by atoms with Gasteiger partial charge in [-0.1, -0.05) is 11.6 Å². The van der Waals surface area contributed by atoms with Gasteiger partial charge in [0.1, 0.15) is 0 Å². The molecule has 2 atom stereocenters. The highest BCUT2D eigenvalue weighted by Crippen LogP contribution is 2.46. The topological polar surface area (TPSA) is 50.8 Å². The van der Waals surface area contributed by atoms with E-state index in [4.69, 9.17) is 21.1 Å². The number of fused-ring (bicyclic) bond motifs is 2. The molecule has 0 spiro atoms. The van der Waals surface area contributed by atoms with Crippen molar-refractivity contribution in [1.82, 2.24) is 0 Å². The summed E-state index contributed by atoms with van der Waals surface area (Å²) in [7, 11) is 0. The number of rotatable bonds is 2. The number of amides is 1. The van der Waals surface area contributed by atoms with E-state index in [-0.39, 0.29) is 24.8 Å². The monoisotopic (exact) mass is 358 g/mol. The van der Waals surface area contributed by atoms with Crippen molar-refractivity contribution in [2.24, 2.45) is 0 Å². The van der Waals surface area contributed by atoms with Gasteiger partial charge in [0.2, 0.25) is 12.7 Å². The van der Waals surface area contributed by atoms with Gasteiger partial charge in [-0.15, -0.1) is 0 Å². The van der Waals surface area contributed by atoms with Crippen molar-refractivity contribution in [3.8, 4) is 11.5 Å². The van der Waals surface area contributed by atoms with Crippen LogP contribution in [0.25, 0.3) is 0 Å². The van der Waals surface area contributed by atoms with Crippen molar-refractivity contribution in [3.05, 3.63) is 47.0 Å². The molecule has 0 aromatic heterocycles. The van der Waals surface area contributed by atoms with Crippen molar-refractivity contribution in [2.75, 3.05) is 17.0 Å². The Labute approximate surface area is 151 Å². The standard InChI is InChI=1S/C19H19ClN2O3/c1-11-7-16(21-14-5-3-13(20)4-6-14)15-8-18-19(25-10-24-18)9-17(15)22(11)12(2)23/h3-6,8-9,11,16,21H,7,10H2,1-2H3/t11-,16+/m1/s1. The number of carbonyl (C=O) groups is 1. The number of benzene rings is 2. The van der Waals surface area contributed by atoms with Crippen LogP contribution in [-0.2, 0) is 4.79 Å². The number of hydrogen-bond acceptors (Lipinski definition) is 4. The fourth-order valence-electron chi connectivity index (χ4n) is 3.61. The summed E-state index contributed by atoms with van der Waals surface area (Å²) in [5.41, 5.74) is 2.90. The van der Waals surface area contributed by atoms with Crippen LogP contribution in [0.5, 0.6) is 11.5 Å². The fourth-order valence-corrected chi connectivity index (χ4v) is 3.74. The van der Waals surface area contributed by atoms with E-state index in [1.54, 1.807) is 6.92 Å². The second-order valence-electron chi connectivity index (χ2n) is 6.44. The first-order valence-electron chi connectivity index (χ1n) is 8.28. The zero-order valence-electron chi connectivity index (χ0n) is 14.1. The number of ether oxygens (including phenoxy) is 2. The minimum absolute atomic E-state index is 0.0255. The van der Waals surface area contributed by atoms with Gasteiger partial charge < -0.3 is 19.7 Å². The first-order valence-corrected chi connectivity index (χ1v) is 8.66. The molecule has 0 aliphatic carbocycles. The number of halogens is 1. The van der Waals surface area contributed by atoms with E-state index in [0.29, 0.717) is 10.8 Å². The summed E-state index contributed by atoms with van der Waals surface area (Å²) in [6.07, 6.45) is 0.800. The molecule has 2 heterocycles. The zero-order chi connectivity index (χ0) is 17.6. The van der Waals surface area contributed by atoms with Crippen LogP contribution in [0, 0.1) is 0 Å². The molecular weight excluding hydrogens is 340 g/mol. The van der Waals surface area contributed by atoms with E-state index in [2.05, 4.69) is 12.2 Å². The Morgan fingerprint density at radius 1 is 1.20 bits per heavy atom. The zero-order valence-corrected chi connectivity index (χ0v) is 14.8. The highest BCUT2D eigenvalue weighted by molar-refractivity contribution is 6.30. The van der Waals surface area contributed by atoms with Crippen LogP contribution in [0.15, 0.2) is 36.4 Å². The molecule has 0 fully saturated rings. The molecule has 0 radical (unpaired) electrons. The van der Waals surface area contributed by atoms with Crippen LogP contribution < -0.4 is 19.7 Å². The largest absolute Gasteiger partial charge is 0.454 e. The van der Waals surface area contributed by atoms with E-state index in [0.717, 1.165) is 29.1 Å². The normalized spacial score (nSPS) is 21.0. The highest BCUT2D eigenvalue weighted by atomic mass is 35.5. The highest BCUT2D eigenvalue weighted by Gasteiger charge is 2.34. The van der Waals surface area contributed by atoms with Gasteiger partial charge in [0.05, 0.1) is 11.7 Å². The first kappa shape index (κ1) is 16.1. The molecule has 1 N–H and O–H groups in total. The third kappa shape index (κ3) is 2.89. The molecule has 2 aromatic rings. The Morgan fingerprint density at radius 2 is 1.88 bits per heavy atom. The average molecular weight is 359 g/mol. The molecule has 0 saturated heterocycles. The number of nitrogens with zero attached hydrogens (tertiary/aromatic N) is 1. The van der Waals surface area contributed by atoms with Crippen LogP contribution in [0.1, 0.15) is 31.9 Å². The van der Waals surface area contributed by atoms with E-state index in [1.807, 2.05) is 41.3 Å². The van der Waals surface area contributed by atoms with Gasteiger partial charge in [0, 0.05) is 35.3 Å². The summed E-state index contributed by atoms with van der Waals surface area (Å²) in [6, 6.07) is 11.7. The van der Waals surface area contributed by atoms with Crippen molar-refractivity contribution >= 4 is 28.9 Å². The summed E-state index contributed by atoms with van der Waals surface area (Å²) in [5.74, 6) is 1.43. The lowest BCUT2D eigenvalue weighted by molar-refractivity contribution is -0.117. The summed E-state index contributed by atoms with van der Waals surface area (Å²) in [6.45, 7) is 3.87. The Bertz CT molecular complexity index is 822. The third-order valence-corrected chi connectivity index (χ3v) is 4.95. The lowest BCUT2D eigenvalue weighted by Crippen LogP contribution is -2.43. The predicted molar refractivity (Wildman–Crippen MR) is 97.6 cm³/mol. The second-order valence-corrected chi connectivity index (χ2v) is 6.88. The van der Waals surface area contributed by atoms with Crippen molar-refractivity contribution in [2.45, 2.75) is 32.4 Å². The van der Waals surface area contributed by atoms with Gasteiger partial charge in [0.25, 0.3) is 0 Å². The van der Waals surface area contributed by atoms with E-state index in [1.165, 1.54) is 0 Å². The van der Waals surface area contributed by atoms with Gasteiger partial charge in [0.15, 0.2) is 11.5 Å². The molecule has 130 valence electrons. The van der Waals surface area contributed by atoms with Crippen molar-refractivity contribution < 1.29 is 14.3 Å². The lowest BCUT2D eigenvalue weighted by Gasteiger charge is -2.39. The number of nitrogens with one attached hydrogen (secondary N) is 1. The van der Waals surface area contributed by atoms with E-state index < -0.39 is 0 Å². The molecule has 5 nitrogen and oxygen atoms in total. The maximum atomic E-state index is 12.2. The van der Waals surface area contributed by atoms with Crippen LogP contribution in [0.2, 0.25) is 5.02 Å². The summed E-state index contributed by atoms with van der Waals surface area (Å²) in [5, 5.41) is 4.26. The van der Waals surface area contributed by atoms with Gasteiger partial charge in [-0.3, -0.25) is 4.79 Å². The van der Waals surface area contributed by atoms with E-state index >= 15 is 0 Å². The number of anilines is 2. The van der Waals surface area contributed by atoms with Gasteiger partial charge in [-0.2, -0.15) is 0 Å². The molecule has 0 saturated carbocycles. The van der Waals surface area contributed by atoms with Crippen LogP contribution in [0.3, 0.4) is 0 Å². The maximum absolute atomic E-state index is 12.2. The summed E-state index contributed by atoms with van der Waals surface area (Å²) >= 11 is 5.97. The SMILES string of the molecule is CC(=O)N1c2cc3c(cc2[C@@H](Nc2ccc(Cl)cc2)C[C@H]1C)OCO3. The molecule has 6 heteroatoms. The Balaban J connectivity index is 1.75. The summed E-state index contributed by atoms with van der Waals surface area (Å²) < 4.78 is 11.0. The molecule has 2 aliphatic heterocycles.